The highest BCUT2D eigenvalue weighted by Crippen LogP contribution is 2.38. The van der Waals surface area contributed by atoms with Crippen LogP contribution in [0.3, 0.4) is 0 Å². The van der Waals surface area contributed by atoms with Crippen molar-refractivity contribution in [2.75, 3.05) is 17.6 Å². The number of anilines is 1. The van der Waals surface area contributed by atoms with Gasteiger partial charge in [-0.15, -0.1) is 11.8 Å². The van der Waals surface area contributed by atoms with Crippen LogP contribution in [0.15, 0.2) is 97.1 Å². The van der Waals surface area contributed by atoms with E-state index in [1.165, 1.54) is 16.5 Å². The van der Waals surface area contributed by atoms with Gasteiger partial charge in [-0.05, 0) is 60.9 Å². The van der Waals surface area contributed by atoms with Crippen LogP contribution in [0.2, 0.25) is 0 Å². The summed E-state index contributed by atoms with van der Waals surface area (Å²) in [7, 11) is 0. The van der Waals surface area contributed by atoms with Gasteiger partial charge in [-0.2, -0.15) is 0 Å². The highest BCUT2D eigenvalue weighted by Gasteiger charge is 2.32. The van der Waals surface area contributed by atoms with Crippen molar-refractivity contribution in [3.05, 3.63) is 114 Å². The van der Waals surface area contributed by atoms with Crippen molar-refractivity contribution < 1.29 is 9.59 Å². The van der Waals surface area contributed by atoms with Crippen LogP contribution in [0.1, 0.15) is 33.8 Å². The second kappa shape index (κ2) is 10.4. The third-order valence-corrected chi connectivity index (χ3v) is 8.51. The monoisotopic (exact) mass is 519 g/mol. The van der Waals surface area contributed by atoms with Crippen LogP contribution in [-0.4, -0.2) is 33.6 Å². The minimum Gasteiger partial charge on any atom is -0.341 e. The van der Waals surface area contributed by atoms with E-state index in [0.717, 1.165) is 35.1 Å². The predicted octanol–water partition coefficient (Wildman–Crippen LogP) is 6.88. The zero-order valence-electron chi connectivity index (χ0n) is 21.3. The number of nitrogens with zero attached hydrogens (tertiary/aromatic N) is 2. The van der Waals surface area contributed by atoms with Gasteiger partial charge in [0.2, 0.25) is 5.91 Å². The molecule has 5 aromatic rings. The zero-order chi connectivity index (χ0) is 26.1. The minimum atomic E-state index is -0.147. The molecule has 0 aliphatic carbocycles. The van der Waals surface area contributed by atoms with Gasteiger partial charge < -0.3 is 14.8 Å². The molecule has 0 radical (unpaired) electrons. The maximum Gasteiger partial charge on any atom is 0.255 e. The maximum absolute atomic E-state index is 13.1. The van der Waals surface area contributed by atoms with E-state index in [1.54, 1.807) is 11.8 Å². The molecule has 5 nitrogen and oxygen atoms in total. The molecule has 1 N–H and O–H groups in total. The molecule has 2 heterocycles. The number of aryl methyl sites for hydroxylation is 1. The summed E-state index contributed by atoms with van der Waals surface area (Å²) in [6.45, 7) is 3.71. The molecule has 0 bridgehead atoms. The highest BCUT2D eigenvalue weighted by atomic mass is 32.2. The number of para-hydroxylation sites is 1. The van der Waals surface area contributed by atoms with E-state index in [-0.39, 0.29) is 17.2 Å². The van der Waals surface area contributed by atoms with E-state index in [9.17, 15) is 9.59 Å². The van der Waals surface area contributed by atoms with Crippen LogP contribution in [0.25, 0.3) is 21.8 Å². The molecule has 0 spiro atoms. The smallest absolute Gasteiger partial charge is 0.255 e. The summed E-state index contributed by atoms with van der Waals surface area (Å²) < 4.78 is 2.30. The van der Waals surface area contributed by atoms with Crippen molar-refractivity contribution in [3.63, 3.8) is 0 Å². The van der Waals surface area contributed by atoms with Crippen LogP contribution in [0.4, 0.5) is 5.69 Å². The molecule has 1 fully saturated rings. The average molecular weight is 520 g/mol. The Morgan fingerprint density at radius 3 is 2.42 bits per heavy atom. The lowest BCUT2D eigenvalue weighted by atomic mass is 10.1. The molecule has 38 heavy (non-hydrogen) atoms. The van der Waals surface area contributed by atoms with Crippen LogP contribution >= 0.6 is 11.8 Å². The molecule has 6 rings (SSSR count). The average Bonchev–Trinajstić information content (AvgIpc) is 3.49. The molecule has 2 amide bonds. The Morgan fingerprint density at radius 2 is 1.63 bits per heavy atom. The summed E-state index contributed by atoms with van der Waals surface area (Å²) in [5.41, 5.74) is 5.99. The third-order valence-electron chi connectivity index (χ3n) is 7.26. The van der Waals surface area contributed by atoms with E-state index in [4.69, 9.17) is 0 Å². The van der Waals surface area contributed by atoms with Gasteiger partial charge >= 0.3 is 0 Å². The van der Waals surface area contributed by atoms with Gasteiger partial charge in [-0.3, -0.25) is 9.59 Å². The third kappa shape index (κ3) is 4.56. The molecule has 1 aliphatic rings. The minimum absolute atomic E-state index is 0.0263. The molecule has 1 aromatic heterocycles. The number of rotatable bonds is 7. The van der Waals surface area contributed by atoms with Crippen molar-refractivity contribution in [2.24, 2.45) is 0 Å². The molecule has 0 unspecified atom stereocenters. The summed E-state index contributed by atoms with van der Waals surface area (Å²) in [6.07, 6.45) is 0.825. The van der Waals surface area contributed by atoms with Crippen molar-refractivity contribution in [1.29, 1.82) is 0 Å². The molecule has 190 valence electrons. The molecule has 1 saturated heterocycles. The Hall–Kier alpha value is -4.03. The largest absolute Gasteiger partial charge is 0.341 e. The lowest BCUT2D eigenvalue weighted by molar-refractivity contribution is -0.128. The van der Waals surface area contributed by atoms with Crippen LogP contribution in [0, 0.1) is 0 Å². The van der Waals surface area contributed by atoms with Gasteiger partial charge in [0.25, 0.3) is 5.91 Å². The molecule has 6 heteroatoms. The molecule has 4 aromatic carbocycles. The number of hydrogen-bond acceptors (Lipinski definition) is 3. The Morgan fingerprint density at radius 1 is 0.895 bits per heavy atom. The molecular weight excluding hydrogens is 490 g/mol. The van der Waals surface area contributed by atoms with E-state index in [2.05, 4.69) is 59.3 Å². The van der Waals surface area contributed by atoms with Crippen molar-refractivity contribution in [1.82, 2.24) is 9.47 Å². The SMILES string of the molecule is CCn1c2ccccc2c2cc(NC(=O)c3ccc([C@H]4SCC(=O)N4CCc4ccccc4)cc3)ccc21. The first-order valence-electron chi connectivity index (χ1n) is 13.0. The number of carbonyl (C=O) groups is 2. The second-order valence-electron chi connectivity index (χ2n) is 9.56. The van der Waals surface area contributed by atoms with E-state index >= 15 is 0 Å². The summed E-state index contributed by atoms with van der Waals surface area (Å²) in [5, 5.41) is 5.36. The highest BCUT2D eigenvalue weighted by molar-refractivity contribution is 8.00. The van der Waals surface area contributed by atoms with E-state index < -0.39 is 0 Å². The second-order valence-corrected chi connectivity index (χ2v) is 10.6. The fourth-order valence-electron chi connectivity index (χ4n) is 5.34. The normalized spacial score (nSPS) is 15.4. The number of aromatic nitrogens is 1. The van der Waals surface area contributed by atoms with E-state index in [0.29, 0.717) is 17.9 Å². The topological polar surface area (TPSA) is 54.3 Å². The number of amides is 2. The lowest BCUT2D eigenvalue weighted by Gasteiger charge is -2.24. The summed E-state index contributed by atoms with van der Waals surface area (Å²) in [5.74, 6) is 0.502. The van der Waals surface area contributed by atoms with Crippen molar-refractivity contribution in [2.45, 2.75) is 25.3 Å². The van der Waals surface area contributed by atoms with Crippen molar-refractivity contribution in [3.8, 4) is 0 Å². The van der Waals surface area contributed by atoms with Gasteiger partial charge in [0.05, 0.1) is 5.75 Å². The van der Waals surface area contributed by atoms with Crippen LogP contribution < -0.4 is 5.32 Å². The quantitative estimate of drug-likeness (QED) is 0.255. The number of carbonyl (C=O) groups excluding carboxylic acids is 2. The number of nitrogens with one attached hydrogen (secondary N) is 1. The van der Waals surface area contributed by atoms with Gasteiger partial charge in [-0.25, -0.2) is 0 Å². The first kappa shape index (κ1) is 24.3. The fourth-order valence-corrected chi connectivity index (χ4v) is 6.56. The fraction of sp³-hybridized carbons (Fsp3) is 0.188. The number of thioether (sulfide) groups is 1. The number of hydrogen-bond donors (Lipinski definition) is 1. The first-order valence-corrected chi connectivity index (χ1v) is 14.0. The van der Waals surface area contributed by atoms with Gasteiger partial charge in [0.15, 0.2) is 0 Å². The molecular formula is C32H29N3O2S. The first-order chi connectivity index (χ1) is 18.6. The summed E-state index contributed by atoms with van der Waals surface area (Å²) in [6, 6.07) is 32.4. The Bertz CT molecular complexity index is 1630. The van der Waals surface area contributed by atoms with Crippen LogP contribution in [-0.2, 0) is 17.8 Å². The van der Waals surface area contributed by atoms with Gasteiger partial charge in [-0.1, -0.05) is 60.7 Å². The number of fused-ring (bicyclic) bond motifs is 3. The zero-order valence-corrected chi connectivity index (χ0v) is 22.1. The summed E-state index contributed by atoms with van der Waals surface area (Å²) >= 11 is 1.64. The van der Waals surface area contributed by atoms with Gasteiger partial charge in [0.1, 0.15) is 5.37 Å². The Labute approximate surface area is 226 Å². The Kier molecular flexibility index (Phi) is 6.64. The maximum atomic E-state index is 13.1. The molecule has 0 saturated carbocycles. The standard InChI is InChI=1S/C32H29N3O2S/c1-2-34-28-11-7-6-10-26(28)27-20-25(16-17-29(27)34)33-31(37)23-12-14-24(15-13-23)32-35(30(36)21-38-32)19-18-22-8-4-3-5-9-22/h3-17,20,32H,2,18-19,21H2,1H3,(H,33,37)/t32-/m1/s1. The lowest BCUT2D eigenvalue weighted by Crippen LogP contribution is -2.30. The van der Waals surface area contributed by atoms with Gasteiger partial charge in [0, 0.05) is 46.1 Å². The summed E-state index contributed by atoms with van der Waals surface area (Å²) in [4.78, 5) is 27.6. The van der Waals surface area contributed by atoms with E-state index in [1.807, 2.05) is 59.5 Å². The van der Waals surface area contributed by atoms with Crippen molar-refractivity contribution >= 4 is 51.1 Å². The van der Waals surface area contributed by atoms with Crippen LogP contribution in [0.5, 0.6) is 0 Å². The molecule has 1 aliphatic heterocycles. The Balaban J connectivity index is 1.18. The molecule has 1 atom stereocenters. The predicted molar refractivity (Wildman–Crippen MR) is 157 cm³/mol. The number of benzene rings is 4.